The van der Waals surface area contributed by atoms with Crippen molar-refractivity contribution in [2.75, 3.05) is 4.72 Å². The summed E-state index contributed by atoms with van der Waals surface area (Å²) in [5.41, 5.74) is 8.58. The topological polar surface area (TPSA) is 85.1 Å². The summed E-state index contributed by atoms with van der Waals surface area (Å²) in [7, 11) is -3.68. The van der Waals surface area contributed by atoms with Gasteiger partial charge < -0.3 is 5.73 Å². The first kappa shape index (κ1) is 15.9. The molecule has 1 aromatic heterocycles. The Bertz CT molecular complexity index is 776. The van der Waals surface area contributed by atoms with E-state index in [1.165, 1.54) is 12.4 Å². The third kappa shape index (κ3) is 3.42. The number of anilines is 1. The van der Waals surface area contributed by atoms with Crippen LogP contribution in [0.3, 0.4) is 0 Å². The lowest BCUT2D eigenvalue weighted by Gasteiger charge is -2.14. The number of benzene rings is 1. The van der Waals surface area contributed by atoms with Gasteiger partial charge in [0.05, 0.1) is 15.1 Å². The maximum Gasteiger partial charge on any atom is 0.262 e. The molecule has 2 rings (SSSR count). The van der Waals surface area contributed by atoms with E-state index in [4.69, 9.17) is 5.73 Å². The number of sulfonamides is 1. The fourth-order valence-corrected chi connectivity index (χ4v) is 3.88. The highest BCUT2D eigenvalue weighted by Gasteiger charge is 2.19. The minimum atomic E-state index is -3.68. The van der Waals surface area contributed by atoms with Crippen molar-refractivity contribution in [3.05, 3.63) is 51.8 Å². The van der Waals surface area contributed by atoms with Crippen LogP contribution in [-0.4, -0.2) is 13.4 Å². The Morgan fingerprint density at radius 3 is 2.62 bits per heavy atom. The fraction of sp³-hybridized carbons (Fsp3) is 0.214. The number of rotatable bonds is 4. The lowest BCUT2D eigenvalue weighted by molar-refractivity contribution is 0.600. The number of nitrogens with zero attached hydrogens (tertiary/aromatic N) is 1. The van der Waals surface area contributed by atoms with E-state index in [0.717, 1.165) is 11.1 Å². The first-order chi connectivity index (χ1) is 9.85. The molecule has 0 saturated heterocycles. The molecular weight excluding hydrogens is 354 g/mol. The van der Waals surface area contributed by atoms with Crippen molar-refractivity contribution in [3.63, 3.8) is 0 Å². The summed E-state index contributed by atoms with van der Waals surface area (Å²) in [4.78, 5) is 4.14. The third-order valence-corrected chi connectivity index (χ3v) is 5.30. The number of pyridine rings is 1. The molecule has 2 aromatic rings. The quantitative estimate of drug-likeness (QED) is 0.867. The van der Waals surface area contributed by atoms with E-state index >= 15 is 0 Å². The van der Waals surface area contributed by atoms with Crippen molar-refractivity contribution in [1.29, 1.82) is 0 Å². The average molecular weight is 370 g/mol. The van der Waals surface area contributed by atoms with Crippen LogP contribution in [0, 0.1) is 13.8 Å². The van der Waals surface area contributed by atoms with Gasteiger partial charge in [-0.3, -0.25) is 9.71 Å². The normalized spacial score (nSPS) is 11.4. The monoisotopic (exact) mass is 369 g/mol. The standard InChI is InChI=1S/C14H16BrN3O2S/c1-9-5-10(2)14(6-11(9)7-16)21(19,20)18-13-3-4-17-8-12(13)15/h3-6,8H,7,16H2,1-2H3,(H,17,18). The minimum absolute atomic E-state index is 0.234. The molecule has 0 aliphatic heterocycles. The second-order valence-electron chi connectivity index (χ2n) is 4.71. The van der Waals surface area contributed by atoms with Crippen molar-refractivity contribution in [1.82, 2.24) is 4.98 Å². The van der Waals surface area contributed by atoms with Crippen LogP contribution in [0.5, 0.6) is 0 Å². The Morgan fingerprint density at radius 2 is 2.00 bits per heavy atom. The van der Waals surface area contributed by atoms with E-state index in [1.54, 1.807) is 19.1 Å². The molecule has 0 radical (unpaired) electrons. The summed E-state index contributed by atoms with van der Waals surface area (Å²) >= 11 is 3.27. The first-order valence-corrected chi connectivity index (χ1v) is 8.55. The second kappa shape index (κ2) is 6.13. The molecule has 0 saturated carbocycles. The molecular formula is C14H16BrN3O2S. The highest BCUT2D eigenvalue weighted by atomic mass is 79.9. The van der Waals surface area contributed by atoms with Crippen molar-refractivity contribution >= 4 is 31.6 Å². The Labute approximate surface area is 132 Å². The maximum absolute atomic E-state index is 12.6. The molecule has 3 N–H and O–H groups in total. The van der Waals surface area contributed by atoms with Crippen molar-refractivity contribution in [2.24, 2.45) is 5.73 Å². The van der Waals surface area contributed by atoms with Gasteiger partial charge >= 0.3 is 0 Å². The number of aromatic nitrogens is 1. The number of halogens is 1. The fourth-order valence-electron chi connectivity index (χ4n) is 2.04. The SMILES string of the molecule is Cc1cc(C)c(S(=O)(=O)Nc2ccncc2Br)cc1CN. The van der Waals surface area contributed by atoms with E-state index in [0.29, 0.717) is 22.3 Å². The van der Waals surface area contributed by atoms with Gasteiger partial charge in [0.1, 0.15) is 0 Å². The number of nitrogens with one attached hydrogen (secondary N) is 1. The summed E-state index contributed by atoms with van der Waals surface area (Å²) in [6.07, 6.45) is 3.06. The molecule has 0 bridgehead atoms. The van der Waals surface area contributed by atoms with Crippen LogP contribution >= 0.6 is 15.9 Å². The molecule has 7 heteroatoms. The number of aryl methyl sites for hydroxylation is 2. The summed E-state index contributed by atoms with van der Waals surface area (Å²) in [5, 5.41) is 0. The molecule has 0 aliphatic carbocycles. The Hall–Kier alpha value is -1.44. The van der Waals surface area contributed by atoms with Gasteiger partial charge in [0.15, 0.2) is 0 Å². The molecule has 112 valence electrons. The van der Waals surface area contributed by atoms with Gasteiger partial charge in [-0.15, -0.1) is 0 Å². The second-order valence-corrected chi connectivity index (χ2v) is 7.21. The zero-order chi connectivity index (χ0) is 15.6. The lowest BCUT2D eigenvalue weighted by Crippen LogP contribution is -2.16. The predicted molar refractivity (Wildman–Crippen MR) is 86.6 cm³/mol. The van der Waals surface area contributed by atoms with Crippen molar-refractivity contribution in [3.8, 4) is 0 Å². The van der Waals surface area contributed by atoms with E-state index in [-0.39, 0.29) is 4.90 Å². The van der Waals surface area contributed by atoms with Crippen molar-refractivity contribution < 1.29 is 8.42 Å². The molecule has 0 aliphatic rings. The molecule has 0 unspecified atom stereocenters. The number of hydrogen-bond donors (Lipinski definition) is 2. The Morgan fingerprint density at radius 1 is 1.29 bits per heavy atom. The third-order valence-electron chi connectivity index (χ3n) is 3.16. The molecule has 1 heterocycles. The zero-order valence-electron chi connectivity index (χ0n) is 11.7. The summed E-state index contributed by atoms with van der Waals surface area (Å²) < 4.78 is 28.3. The van der Waals surface area contributed by atoms with E-state index in [1.807, 2.05) is 13.0 Å². The number of nitrogens with two attached hydrogens (primary N) is 1. The molecule has 1 aromatic carbocycles. The maximum atomic E-state index is 12.6. The highest BCUT2D eigenvalue weighted by Crippen LogP contribution is 2.26. The smallest absolute Gasteiger partial charge is 0.262 e. The minimum Gasteiger partial charge on any atom is -0.326 e. The molecule has 0 spiro atoms. The summed E-state index contributed by atoms with van der Waals surface area (Å²) in [6, 6.07) is 5.05. The van der Waals surface area contributed by atoms with E-state index in [9.17, 15) is 8.42 Å². The summed E-state index contributed by atoms with van der Waals surface area (Å²) in [5.74, 6) is 0. The van der Waals surface area contributed by atoms with Crippen LogP contribution in [-0.2, 0) is 16.6 Å². The molecule has 0 amide bonds. The van der Waals surface area contributed by atoms with Gasteiger partial charge in [0.25, 0.3) is 10.0 Å². The van der Waals surface area contributed by atoms with Crippen LogP contribution in [0.15, 0.2) is 40.0 Å². The van der Waals surface area contributed by atoms with Gasteiger partial charge in [0, 0.05) is 18.9 Å². The summed E-state index contributed by atoms with van der Waals surface area (Å²) in [6.45, 7) is 3.98. The molecule has 0 fully saturated rings. The highest BCUT2D eigenvalue weighted by molar-refractivity contribution is 9.10. The van der Waals surface area contributed by atoms with Crippen molar-refractivity contribution in [2.45, 2.75) is 25.3 Å². The van der Waals surface area contributed by atoms with Gasteiger partial charge in [-0.25, -0.2) is 8.42 Å². The molecule has 5 nitrogen and oxygen atoms in total. The zero-order valence-corrected chi connectivity index (χ0v) is 14.1. The predicted octanol–water partition coefficient (Wildman–Crippen LogP) is 2.72. The van der Waals surface area contributed by atoms with Gasteiger partial charge in [-0.1, -0.05) is 6.07 Å². The van der Waals surface area contributed by atoms with E-state index in [2.05, 4.69) is 25.6 Å². The first-order valence-electron chi connectivity index (χ1n) is 6.27. The Kier molecular flexibility index (Phi) is 4.65. The van der Waals surface area contributed by atoms with Gasteiger partial charge in [-0.2, -0.15) is 0 Å². The van der Waals surface area contributed by atoms with Gasteiger partial charge in [-0.05, 0) is 58.6 Å². The molecule has 0 atom stereocenters. The largest absolute Gasteiger partial charge is 0.326 e. The lowest BCUT2D eigenvalue weighted by atomic mass is 10.1. The van der Waals surface area contributed by atoms with Crippen LogP contribution < -0.4 is 10.5 Å². The average Bonchev–Trinajstić information content (AvgIpc) is 2.41. The molecule has 21 heavy (non-hydrogen) atoms. The van der Waals surface area contributed by atoms with E-state index < -0.39 is 10.0 Å². The van der Waals surface area contributed by atoms with Crippen LogP contribution in [0.25, 0.3) is 0 Å². The van der Waals surface area contributed by atoms with Crippen LogP contribution in [0.2, 0.25) is 0 Å². The number of hydrogen-bond acceptors (Lipinski definition) is 4. The Balaban J connectivity index is 2.47. The van der Waals surface area contributed by atoms with Crippen LogP contribution in [0.1, 0.15) is 16.7 Å². The van der Waals surface area contributed by atoms with Gasteiger partial charge in [0.2, 0.25) is 0 Å². The van der Waals surface area contributed by atoms with Crippen LogP contribution in [0.4, 0.5) is 5.69 Å².